The van der Waals surface area contributed by atoms with Crippen LogP contribution in [0.1, 0.15) is 42.1 Å². The highest BCUT2D eigenvalue weighted by molar-refractivity contribution is 5.95. The third-order valence-electron chi connectivity index (χ3n) is 5.88. The molecule has 0 saturated heterocycles. The summed E-state index contributed by atoms with van der Waals surface area (Å²) in [4.78, 5) is 33.6. The number of likely N-dealkylation sites (N-methyl/N-ethyl adjacent to an activating group) is 1. The Kier molecular flexibility index (Phi) is 9.98. The van der Waals surface area contributed by atoms with Gasteiger partial charge in [0.25, 0.3) is 5.91 Å². The lowest BCUT2D eigenvalue weighted by molar-refractivity contribution is -0.137. The molecule has 3 rings (SSSR count). The number of carbonyl (C=O) groups is 2. The molecule has 0 bridgehead atoms. The monoisotopic (exact) mass is 516 g/mol. The smallest absolute Gasteiger partial charge is 0.369 e. The number of amides is 2. The van der Waals surface area contributed by atoms with E-state index in [0.29, 0.717) is 42.4 Å². The first-order chi connectivity index (χ1) is 17.5. The van der Waals surface area contributed by atoms with Gasteiger partial charge in [0.2, 0.25) is 11.9 Å². The maximum atomic E-state index is 13.6. The summed E-state index contributed by atoms with van der Waals surface area (Å²) in [5.74, 6) is -1.88. The Labute approximate surface area is 214 Å². The van der Waals surface area contributed by atoms with E-state index in [1.54, 1.807) is 50.4 Å². The van der Waals surface area contributed by atoms with Crippen molar-refractivity contribution in [1.82, 2.24) is 14.9 Å². The largest absolute Gasteiger partial charge is 0.421 e. The van der Waals surface area contributed by atoms with Crippen molar-refractivity contribution in [3.05, 3.63) is 79.2 Å². The second-order valence-corrected chi connectivity index (χ2v) is 8.13. The number of aromatic nitrogens is 2. The molecule has 4 N–H and O–H groups in total. The Morgan fingerprint density at radius 2 is 1.84 bits per heavy atom. The van der Waals surface area contributed by atoms with E-state index in [2.05, 4.69) is 40.3 Å². The molecule has 2 atom stereocenters. The van der Waals surface area contributed by atoms with Gasteiger partial charge in [-0.15, -0.1) is 13.2 Å². The number of anilines is 3. The minimum Gasteiger partial charge on any atom is -0.369 e. The summed E-state index contributed by atoms with van der Waals surface area (Å²) in [6.07, 6.45) is 1.00. The molecule has 198 valence electrons. The number of rotatable bonds is 8. The summed E-state index contributed by atoms with van der Waals surface area (Å²) in [7, 11) is 1.63. The van der Waals surface area contributed by atoms with Crippen molar-refractivity contribution in [3.63, 3.8) is 0 Å². The lowest BCUT2D eigenvalue weighted by atomic mass is 10.0. The SMILES string of the molecule is C=C.C=C/C(=C\C)N(C)C(=O)c1ccc(Nc2ncc(C(F)(F)F)c(NC3CCCC3C(N)=O)n2)cc1. The van der Waals surface area contributed by atoms with Crippen LogP contribution in [0.3, 0.4) is 0 Å². The van der Waals surface area contributed by atoms with Crippen molar-refractivity contribution in [1.29, 1.82) is 0 Å². The summed E-state index contributed by atoms with van der Waals surface area (Å²) in [6.45, 7) is 11.5. The number of nitrogens with one attached hydrogen (secondary N) is 2. The highest BCUT2D eigenvalue weighted by Crippen LogP contribution is 2.36. The maximum absolute atomic E-state index is 13.6. The van der Waals surface area contributed by atoms with Gasteiger partial charge in [-0.1, -0.05) is 19.1 Å². The van der Waals surface area contributed by atoms with Crippen LogP contribution in [0.4, 0.5) is 30.6 Å². The summed E-state index contributed by atoms with van der Waals surface area (Å²) in [5, 5.41) is 5.60. The number of nitrogens with two attached hydrogens (primary N) is 1. The molecule has 1 aliphatic carbocycles. The van der Waals surface area contributed by atoms with E-state index in [1.807, 2.05) is 0 Å². The van der Waals surface area contributed by atoms with E-state index in [-0.39, 0.29) is 11.9 Å². The van der Waals surface area contributed by atoms with E-state index >= 15 is 0 Å². The third-order valence-corrected chi connectivity index (χ3v) is 5.88. The molecule has 0 aliphatic heterocycles. The summed E-state index contributed by atoms with van der Waals surface area (Å²) in [6, 6.07) is 5.81. The van der Waals surface area contributed by atoms with Crippen molar-refractivity contribution in [2.45, 2.75) is 38.4 Å². The Bertz CT molecular complexity index is 1150. The van der Waals surface area contributed by atoms with E-state index < -0.39 is 35.4 Å². The number of carbonyl (C=O) groups excluding carboxylic acids is 2. The summed E-state index contributed by atoms with van der Waals surface area (Å²) >= 11 is 0. The molecule has 37 heavy (non-hydrogen) atoms. The Balaban J connectivity index is 0.00000235. The zero-order valence-electron chi connectivity index (χ0n) is 20.8. The van der Waals surface area contributed by atoms with Gasteiger partial charge in [0, 0.05) is 36.2 Å². The topological polar surface area (TPSA) is 113 Å². The van der Waals surface area contributed by atoms with Crippen molar-refractivity contribution >= 4 is 29.3 Å². The second kappa shape index (κ2) is 12.7. The number of halogens is 3. The van der Waals surface area contributed by atoms with Crippen LogP contribution in [0.2, 0.25) is 0 Å². The summed E-state index contributed by atoms with van der Waals surface area (Å²) < 4.78 is 40.7. The van der Waals surface area contributed by atoms with E-state index in [9.17, 15) is 22.8 Å². The van der Waals surface area contributed by atoms with Crippen molar-refractivity contribution < 1.29 is 22.8 Å². The molecule has 1 aromatic heterocycles. The minimum atomic E-state index is -4.69. The number of benzene rings is 1. The molecular weight excluding hydrogens is 485 g/mol. The number of hydrogen-bond donors (Lipinski definition) is 3. The Morgan fingerprint density at radius 1 is 1.19 bits per heavy atom. The zero-order valence-corrected chi connectivity index (χ0v) is 20.8. The van der Waals surface area contributed by atoms with Gasteiger partial charge in [-0.05, 0) is 50.1 Å². The van der Waals surface area contributed by atoms with Crippen LogP contribution in [0.15, 0.2) is 68.0 Å². The molecule has 1 saturated carbocycles. The normalized spacial score (nSPS) is 17.3. The first-order valence-corrected chi connectivity index (χ1v) is 11.5. The summed E-state index contributed by atoms with van der Waals surface area (Å²) in [5.41, 5.74) is 5.90. The van der Waals surface area contributed by atoms with Gasteiger partial charge in [0.15, 0.2) is 0 Å². The first kappa shape index (κ1) is 29.1. The van der Waals surface area contributed by atoms with E-state index in [0.717, 1.165) is 0 Å². The number of hydrogen-bond acceptors (Lipinski definition) is 6. The van der Waals surface area contributed by atoms with Crippen molar-refractivity contribution in [3.8, 4) is 0 Å². The zero-order chi connectivity index (χ0) is 27.8. The van der Waals surface area contributed by atoms with Crippen LogP contribution in [0, 0.1) is 5.92 Å². The Morgan fingerprint density at radius 3 is 2.38 bits per heavy atom. The van der Waals surface area contributed by atoms with Gasteiger partial charge < -0.3 is 21.3 Å². The first-order valence-electron chi connectivity index (χ1n) is 11.5. The number of alkyl halides is 3. The minimum absolute atomic E-state index is 0.0758. The van der Waals surface area contributed by atoms with Gasteiger partial charge in [-0.3, -0.25) is 9.59 Å². The standard InChI is InChI=1S/C24H27F3N6O2.C2H4/c1-4-16(5-2)33(3)22(35)14-9-11-15(12-10-14)30-23-29-13-18(24(25,26)27)21(32-23)31-19-8-6-7-17(19)20(28)34;1-2/h4-5,9-13,17,19H,1,6-8H2,2-3H3,(H2,28,34)(H2,29,30,31,32);1-2H2/b16-5+;. The molecule has 8 nitrogen and oxygen atoms in total. The molecule has 2 aromatic rings. The van der Waals surface area contributed by atoms with Crippen molar-refractivity contribution in [2.24, 2.45) is 11.7 Å². The van der Waals surface area contributed by atoms with E-state index in [1.165, 1.54) is 4.90 Å². The Hall–Kier alpha value is -4.15. The van der Waals surface area contributed by atoms with Crippen LogP contribution in [0.25, 0.3) is 0 Å². The number of allylic oxidation sites excluding steroid dienone is 2. The maximum Gasteiger partial charge on any atom is 0.421 e. The third kappa shape index (κ3) is 7.18. The highest BCUT2D eigenvalue weighted by Gasteiger charge is 2.38. The number of primary amides is 1. The quantitative estimate of drug-likeness (QED) is 0.326. The lowest BCUT2D eigenvalue weighted by Crippen LogP contribution is -2.35. The fourth-order valence-corrected chi connectivity index (χ4v) is 3.99. The predicted molar refractivity (Wildman–Crippen MR) is 138 cm³/mol. The van der Waals surface area contributed by atoms with E-state index in [4.69, 9.17) is 5.73 Å². The molecule has 2 unspecified atom stereocenters. The molecule has 1 fully saturated rings. The molecule has 1 heterocycles. The van der Waals surface area contributed by atoms with Crippen molar-refractivity contribution in [2.75, 3.05) is 17.7 Å². The lowest BCUT2D eigenvalue weighted by Gasteiger charge is -2.22. The van der Waals surface area contributed by atoms with Gasteiger partial charge in [0.1, 0.15) is 11.4 Å². The van der Waals surface area contributed by atoms with Crippen LogP contribution in [-0.2, 0) is 11.0 Å². The number of nitrogens with zero attached hydrogens (tertiary/aromatic N) is 3. The van der Waals surface area contributed by atoms with Gasteiger partial charge >= 0.3 is 6.18 Å². The molecule has 0 radical (unpaired) electrons. The highest BCUT2D eigenvalue weighted by atomic mass is 19.4. The molecule has 1 aliphatic rings. The van der Waals surface area contributed by atoms with Gasteiger partial charge in [-0.2, -0.15) is 18.2 Å². The van der Waals surface area contributed by atoms with Crippen LogP contribution >= 0.6 is 0 Å². The molecule has 1 aromatic carbocycles. The van der Waals surface area contributed by atoms with Crippen LogP contribution in [-0.4, -0.2) is 39.8 Å². The van der Waals surface area contributed by atoms with Crippen LogP contribution < -0.4 is 16.4 Å². The van der Waals surface area contributed by atoms with Crippen LogP contribution in [0.5, 0.6) is 0 Å². The predicted octanol–water partition coefficient (Wildman–Crippen LogP) is 5.27. The average Bonchev–Trinajstić information content (AvgIpc) is 3.34. The fraction of sp³-hybridized carbons (Fsp3) is 0.308. The molecule has 0 spiro atoms. The average molecular weight is 517 g/mol. The van der Waals surface area contributed by atoms with Gasteiger partial charge in [0.05, 0.1) is 5.92 Å². The van der Waals surface area contributed by atoms with Gasteiger partial charge in [-0.25, -0.2) is 4.98 Å². The molecule has 11 heteroatoms. The second-order valence-electron chi connectivity index (χ2n) is 8.13. The molecule has 2 amide bonds. The fourth-order valence-electron chi connectivity index (χ4n) is 3.99. The molecular formula is C26H31F3N6O2.